The highest BCUT2D eigenvalue weighted by molar-refractivity contribution is 7.91. The van der Waals surface area contributed by atoms with Gasteiger partial charge in [0.2, 0.25) is 9.84 Å². The van der Waals surface area contributed by atoms with Gasteiger partial charge in [-0.1, -0.05) is 36.4 Å². The first-order chi connectivity index (χ1) is 18.6. The Labute approximate surface area is 226 Å². The number of carbonyl (C=O) groups is 1. The molecule has 0 saturated carbocycles. The molecule has 1 amide bonds. The topological polar surface area (TPSA) is 63.7 Å². The Morgan fingerprint density at radius 3 is 2.28 bits per heavy atom. The summed E-state index contributed by atoms with van der Waals surface area (Å²) in [6.07, 6.45) is -0.0294. The maximum absolute atomic E-state index is 14.8. The number of nitrogens with zero attached hydrogens (tertiary/aromatic N) is 2. The molecule has 0 aliphatic carbocycles. The van der Waals surface area contributed by atoms with E-state index < -0.39 is 44.9 Å². The van der Waals surface area contributed by atoms with Crippen molar-refractivity contribution in [2.24, 2.45) is 5.92 Å². The van der Waals surface area contributed by atoms with Gasteiger partial charge in [0, 0.05) is 25.7 Å². The van der Waals surface area contributed by atoms with Crippen LogP contribution in [0.5, 0.6) is 0 Å². The van der Waals surface area contributed by atoms with Crippen LogP contribution in [0, 0.1) is 23.4 Å². The summed E-state index contributed by atoms with van der Waals surface area (Å²) in [5, 5.41) is -0.743. The predicted octanol–water partition coefficient (Wildman–Crippen LogP) is 5.68. The fraction of sp³-hybridized carbons (Fsp3) is 0.345. The average Bonchev–Trinajstić information content (AvgIpc) is 2.94. The zero-order valence-electron chi connectivity index (χ0n) is 21.5. The zero-order valence-corrected chi connectivity index (χ0v) is 22.3. The van der Waals surface area contributed by atoms with E-state index in [0.29, 0.717) is 32.5 Å². The number of quaternary nitrogens is 1. The van der Waals surface area contributed by atoms with Crippen molar-refractivity contribution >= 4 is 21.6 Å². The number of para-hydroxylation sites is 1. The maximum Gasteiger partial charge on any atom is 0.415 e. The molecule has 2 bridgehead atoms. The molecular formula is C29H30F3N2O4S+. The molecule has 3 aliphatic heterocycles. The number of carbonyl (C=O) groups excluding carboxylic acids is 1. The van der Waals surface area contributed by atoms with Crippen LogP contribution >= 0.6 is 0 Å². The van der Waals surface area contributed by atoms with E-state index in [-0.39, 0.29) is 33.1 Å². The van der Waals surface area contributed by atoms with Crippen LogP contribution < -0.4 is 4.90 Å². The minimum Gasteiger partial charge on any atom is -0.440 e. The molecule has 0 aromatic heterocycles. The Hall–Kier alpha value is -3.37. The molecule has 3 aromatic rings. The number of anilines is 1. The quantitative estimate of drug-likeness (QED) is 0.350. The van der Waals surface area contributed by atoms with Crippen LogP contribution in [-0.2, 0) is 21.1 Å². The lowest BCUT2D eigenvalue weighted by Crippen LogP contribution is -2.69. The van der Waals surface area contributed by atoms with Gasteiger partial charge in [-0.3, -0.25) is 4.90 Å². The number of fused-ring (bicyclic) bond motifs is 3. The molecule has 2 atom stereocenters. The zero-order chi connectivity index (χ0) is 27.8. The van der Waals surface area contributed by atoms with Crippen molar-refractivity contribution in [3.63, 3.8) is 0 Å². The number of sulfone groups is 1. The molecule has 0 radical (unpaired) electrons. The minimum atomic E-state index is -3.64. The van der Waals surface area contributed by atoms with Gasteiger partial charge in [0.1, 0.15) is 12.4 Å². The second kappa shape index (κ2) is 10.7. The molecule has 3 saturated heterocycles. The second-order valence-corrected chi connectivity index (χ2v) is 12.6. The number of amides is 1. The van der Waals surface area contributed by atoms with Gasteiger partial charge in [-0.15, -0.1) is 0 Å². The van der Waals surface area contributed by atoms with E-state index in [9.17, 15) is 26.4 Å². The van der Waals surface area contributed by atoms with E-state index in [1.165, 1.54) is 24.3 Å². The molecule has 3 aliphatic rings. The van der Waals surface area contributed by atoms with Crippen molar-refractivity contribution in [3.05, 3.63) is 95.8 Å². The van der Waals surface area contributed by atoms with Crippen molar-refractivity contribution in [2.45, 2.75) is 42.7 Å². The molecule has 39 heavy (non-hydrogen) atoms. The molecule has 3 aromatic carbocycles. The van der Waals surface area contributed by atoms with Crippen LogP contribution in [0.1, 0.15) is 25.3 Å². The highest BCUT2D eigenvalue weighted by Gasteiger charge is 2.54. The van der Waals surface area contributed by atoms with Gasteiger partial charge in [-0.25, -0.2) is 26.4 Å². The fourth-order valence-corrected chi connectivity index (χ4v) is 7.66. The summed E-state index contributed by atoms with van der Waals surface area (Å²) in [4.78, 5) is 14.9. The van der Waals surface area contributed by atoms with Gasteiger partial charge in [0.15, 0.2) is 23.1 Å². The number of rotatable bonds is 7. The van der Waals surface area contributed by atoms with E-state index >= 15 is 0 Å². The monoisotopic (exact) mass is 559 g/mol. The summed E-state index contributed by atoms with van der Waals surface area (Å²) in [7, 11) is -3.64. The highest BCUT2D eigenvalue weighted by Crippen LogP contribution is 2.40. The Kier molecular flexibility index (Phi) is 7.43. The Balaban J connectivity index is 1.40. The van der Waals surface area contributed by atoms with Crippen LogP contribution in [0.25, 0.3) is 0 Å². The van der Waals surface area contributed by atoms with Gasteiger partial charge in [0.05, 0.1) is 30.2 Å². The number of piperidine rings is 3. The summed E-state index contributed by atoms with van der Waals surface area (Å²) < 4.78 is 75.4. The van der Waals surface area contributed by atoms with Crippen LogP contribution in [0.3, 0.4) is 0 Å². The van der Waals surface area contributed by atoms with Crippen LogP contribution in [0.15, 0.2) is 77.7 Å². The molecule has 3 heterocycles. The van der Waals surface area contributed by atoms with Gasteiger partial charge in [0.25, 0.3) is 0 Å². The van der Waals surface area contributed by atoms with E-state index in [4.69, 9.17) is 4.74 Å². The van der Waals surface area contributed by atoms with E-state index in [1.54, 1.807) is 43.3 Å². The lowest BCUT2D eigenvalue weighted by molar-refractivity contribution is -0.954. The summed E-state index contributed by atoms with van der Waals surface area (Å²) in [5.41, 5.74) is 0.200. The van der Waals surface area contributed by atoms with Gasteiger partial charge >= 0.3 is 6.09 Å². The average molecular weight is 560 g/mol. The predicted molar refractivity (Wildman–Crippen MR) is 140 cm³/mol. The smallest absolute Gasteiger partial charge is 0.415 e. The lowest BCUT2D eigenvalue weighted by Gasteiger charge is -2.54. The van der Waals surface area contributed by atoms with E-state index in [0.717, 1.165) is 17.0 Å². The SMILES string of the molecule is CC([N+]12CCC(CC1)C(OC(=O)N(Cc1ccc(F)c(F)c1)c1ccccc1F)C2)S(=O)(=O)c1ccccc1. The first-order valence-electron chi connectivity index (χ1n) is 12.9. The standard InChI is InChI=1S/C29H30F3N2O4S/c1-20(39(36,37)23-7-3-2-4-8-23)34-15-13-22(14-16-34)28(19-34)38-29(35)33(27-10-6-5-9-25(27)31)18-21-11-12-24(30)26(32)17-21/h2-12,17,20,22,28H,13-16,18-19H2,1H3/q+1. The van der Waals surface area contributed by atoms with Gasteiger partial charge in [-0.2, -0.15) is 0 Å². The van der Waals surface area contributed by atoms with Gasteiger partial charge < -0.3 is 9.22 Å². The molecule has 3 fully saturated rings. The molecule has 0 N–H and O–H groups in total. The van der Waals surface area contributed by atoms with Crippen LogP contribution in [0.2, 0.25) is 0 Å². The molecule has 0 spiro atoms. The Bertz CT molecular complexity index is 1460. The lowest BCUT2D eigenvalue weighted by atomic mass is 9.83. The molecule has 2 unspecified atom stereocenters. The van der Waals surface area contributed by atoms with Gasteiger partial charge in [-0.05, 0) is 42.0 Å². The third-order valence-corrected chi connectivity index (χ3v) is 10.5. The van der Waals surface area contributed by atoms with Crippen molar-refractivity contribution < 1.29 is 35.6 Å². The van der Waals surface area contributed by atoms with E-state index in [1.807, 2.05) is 0 Å². The van der Waals surface area contributed by atoms with E-state index in [2.05, 4.69) is 0 Å². The summed E-state index contributed by atoms with van der Waals surface area (Å²) >= 11 is 0. The summed E-state index contributed by atoms with van der Waals surface area (Å²) in [6, 6.07) is 17.2. The summed E-state index contributed by atoms with van der Waals surface area (Å²) in [5.74, 6) is -2.73. The Morgan fingerprint density at radius 2 is 1.62 bits per heavy atom. The molecular weight excluding hydrogens is 529 g/mol. The highest BCUT2D eigenvalue weighted by atomic mass is 32.2. The number of hydrogen-bond acceptors (Lipinski definition) is 4. The fourth-order valence-electron chi connectivity index (χ4n) is 5.84. The third kappa shape index (κ3) is 5.27. The summed E-state index contributed by atoms with van der Waals surface area (Å²) in [6.45, 7) is 3.09. The van der Waals surface area contributed by atoms with Crippen molar-refractivity contribution in [3.8, 4) is 0 Å². The number of halogens is 3. The Morgan fingerprint density at radius 1 is 0.949 bits per heavy atom. The van der Waals surface area contributed by atoms with Crippen LogP contribution in [0.4, 0.5) is 23.7 Å². The largest absolute Gasteiger partial charge is 0.440 e. The molecule has 10 heteroatoms. The first-order valence-corrected chi connectivity index (χ1v) is 14.5. The third-order valence-electron chi connectivity index (χ3n) is 8.19. The molecule has 6 rings (SSSR count). The van der Waals surface area contributed by atoms with Crippen molar-refractivity contribution in [1.29, 1.82) is 0 Å². The maximum atomic E-state index is 14.8. The first kappa shape index (κ1) is 27.2. The number of benzene rings is 3. The van der Waals surface area contributed by atoms with Crippen molar-refractivity contribution in [2.75, 3.05) is 24.5 Å². The number of ether oxygens (including phenoxy) is 1. The normalized spacial score (nSPS) is 23.3. The minimum absolute atomic E-state index is 0.0475. The van der Waals surface area contributed by atoms with Crippen LogP contribution in [-0.4, -0.2) is 50.1 Å². The second-order valence-electron chi connectivity index (χ2n) is 10.4. The van der Waals surface area contributed by atoms with Crippen molar-refractivity contribution in [1.82, 2.24) is 0 Å². The molecule has 206 valence electrons. The number of hydrogen-bond donors (Lipinski definition) is 0. The molecule has 6 nitrogen and oxygen atoms in total.